The molecule has 0 aromatic rings. The number of hydrogen-bond acceptors (Lipinski definition) is 11. The average Bonchev–Trinajstić information content (AvgIpc) is 3.03. The molecule has 290 valence electrons. The van der Waals surface area contributed by atoms with Crippen LogP contribution in [-0.4, -0.2) is 73.3 Å². The molecular weight excluding hydrogens is 646 g/mol. The lowest BCUT2D eigenvalue weighted by Gasteiger charge is -2.35. The normalized spacial score (nSPS) is 13.3. The van der Waals surface area contributed by atoms with Crippen LogP contribution in [0.2, 0.25) is 0 Å². The number of rotatable bonds is 31. The highest BCUT2D eigenvalue weighted by atomic mass is 16.6. The second kappa shape index (κ2) is 30.6. The monoisotopic (exact) mass is 713 g/mol. The van der Waals surface area contributed by atoms with Crippen molar-refractivity contribution in [2.75, 3.05) is 13.2 Å². The van der Waals surface area contributed by atoms with Crippen molar-refractivity contribution >= 4 is 35.8 Å². The second-order valence-electron chi connectivity index (χ2n) is 13.2. The molecule has 1 amide bonds. The third-order valence-corrected chi connectivity index (χ3v) is 8.25. The Kier molecular flexibility index (Phi) is 28.7. The van der Waals surface area contributed by atoms with Crippen LogP contribution >= 0.6 is 0 Å². The van der Waals surface area contributed by atoms with Crippen LogP contribution in [0.15, 0.2) is 0 Å². The molecule has 0 aliphatic carbocycles. The second-order valence-corrected chi connectivity index (χ2v) is 13.2. The molecule has 0 fully saturated rings. The summed E-state index contributed by atoms with van der Waals surface area (Å²) in [5, 5.41) is 2.70. The molecule has 0 spiro atoms. The molecule has 0 bridgehead atoms. The SMILES string of the molecule is CCCCCCCCCCCCCCCCCCCCCC(=O)NC[C@H](OC(C)=O)[C@@H](OC(C)=O)[C@H](OC(C)=O)[C@@H](COC(C)=O)OC(C)=O. The summed E-state index contributed by atoms with van der Waals surface area (Å²) in [7, 11) is 0. The molecule has 12 heteroatoms. The van der Waals surface area contributed by atoms with Crippen molar-refractivity contribution in [2.45, 2.75) is 194 Å². The number of hydrogen-bond donors (Lipinski definition) is 1. The molecule has 0 radical (unpaired) electrons. The first-order valence-electron chi connectivity index (χ1n) is 19.0. The predicted molar refractivity (Wildman–Crippen MR) is 190 cm³/mol. The summed E-state index contributed by atoms with van der Waals surface area (Å²) in [5.41, 5.74) is 0. The number of ether oxygens (including phenoxy) is 5. The van der Waals surface area contributed by atoms with Gasteiger partial charge in [-0.05, 0) is 6.42 Å². The molecule has 4 atom stereocenters. The van der Waals surface area contributed by atoms with Gasteiger partial charge in [-0.15, -0.1) is 0 Å². The Morgan fingerprint density at radius 2 is 0.780 bits per heavy atom. The minimum absolute atomic E-state index is 0.250. The summed E-state index contributed by atoms with van der Waals surface area (Å²) in [6.07, 6.45) is 18.3. The quantitative estimate of drug-likeness (QED) is 0.0439. The molecule has 0 aromatic carbocycles. The molecule has 50 heavy (non-hydrogen) atoms. The molecule has 1 N–H and O–H groups in total. The average molecular weight is 714 g/mol. The minimum Gasteiger partial charge on any atom is -0.462 e. The van der Waals surface area contributed by atoms with E-state index in [2.05, 4.69) is 12.2 Å². The van der Waals surface area contributed by atoms with Gasteiger partial charge in [0.25, 0.3) is 0 Å². The van der Waals surface area contributed by atoms with Crippen molar-refractivity contribution in [1.29, 1.82) is 0 Å². The van der Waals surface area contributed by atoms with Crippen molar-refractivity contribution < 1.29 is 52.5 Å². The van der Waals surface area contributed by atoms with Crippen LogP contribution in [0.5, 0.6) is 0 Å². The lowest BCUT2D eigenvalue weighted by molar-refractivity contribution is -0.202. The van der Waals surface area contributed by atoms with Gasteiger partial charge in [0, 0.05) is 41.0 Å². The van der Waals surface area contributed by atoms with E-state index in [1.54, 1.807) is 0 Å². The molecule has 0 rings (SSSR count). The molecule has 0 unspecified atom stereocenters. The van der Waals surface area contributed by atoms with E-state index >= 15 is 0 Å². The molecule has 0 aromatic heterocycles. The first-order valence-corrected chi connectivity index (χ1v) is 19.0. The van der Waals surface area contributed by atoms with Gasteiger partial charge in [0.15, 0.2) is 24.4 Å². The molecule has 0 aliphatic heterocycles. The van der Waals surface area contributed by atoms with Crippen molar-refractivity contribution in [1.82, 2.24) is 5.32 Å². The van der Waals surface area contributed by atoms with Gasteiger partial charge in [-0.2, -0.15) is 0 Å². The van der Waals surface area contributed by atoms with E-state index in [9.17, 15) is 28.8 Å². The molecular formula is C38H67NO11. The Morgan fingerprint density at radius 3 is 1.14 bits per heavy atom. The van der Waals surface area contributed by atoms with Gasteiger partial charge in [-0.25, -0.2) is 0 Å². The third kappa shape index (κ3) is 27.6. The van der Waals surface area contributed by atoms with Gasteiger partial charge in [-0.3, -0.25) is 28.8 Å². The predicted octanol–water partition coefficient (Wildman–Crippen LogP) is 7.21. The van der Waals surface area contributed by atoms with Gasteiger partial charge < -0.3 is 29.0 Å². The van der Waals surface area contributed by atoms with E-state index in [0.29, 0.717) is 6.42 Å². The zero-order valence-corrected chi connectivity index (χ0v) is 31.9. The summed E-state index contributed by atoms with van der Waals surface area (Å²) >= 11 is 0. The Balaban J connectivity index is 4.67. The number of carbonyl (C=O) groups is 6. The topological polar surface area (TPSA) is 161 Å². The number of amides is 1. The lowest BCUT2D eigenvalue weighted by atomic mass is 10.0. The van der Waals surface area contributed by atoms with Crippen molar-refractivity contribution in [2.24, 2.45) is 0 Å². The molecule has 0 saturated carbocycles. The highest BCUT2D eigenvalue weighted by Crippen LogP contribution is 2.21. The first-order chi connectivity index (χ1) is 23.9. The molecule has 0 heterocycles. The maximum Gasteiger partial charge on any atom is 0.303 e. The fraction of sp³-hybridized carbons (Fsp3) is 0.842. The zero-order chi connectivity index (χ0) is 37.6. The summed E-state index contributed by atoms with van der Waals surface area (Å²) in [6, 6.07) is 0. The summed E-state index contributed by atoms with van der Waals surface area (Å²) in [4.78, 5) is 72.2. The van der Waals surface area contributed by atoms with Gasteiger partial charge in [0.05, 0.1) is 6.54 Å². The largest absolute Gasteiger partial charge is 0.462 e. The summed E-state index contributed by atoms with van der Waals surface area (Å²) in [5.74, 6) is -4.20. The first kappa shape index (κ1) is 46.8. The van der Waals surface area contributed by atoms with Crippen LogP contribution in [0.3, 0.4) is 0 Å². The van der Waals surface area contributed by atoms with E-state index in [1.165, 1.54) is 96.3 Å². The number of carbonyl (C=O) groups excluding carboxylic acids is 6. The number of nitrogens with one attached hydrogen (secondary N) is 1. The van der Waals surface area contributed by atoms with Gasteiger partial charge in [-0.1, -0.05) is 122 Å². The van der Waals surface area contributed by atoms with Gasteiger partial charge in [0.1, 0.15) is 6.61 Å². The standard InChI is InChI=1S/C38H67NO11/c1-7-8-9-10-11-12-13-14-15-16-17-18-19-20-21-22-23-24-25-26-36(45)39-27-34(47-30(3)41)37(49-32(5)43)38(50-33(6)44)35(48-31(4)42)28-46-29(2)40/h34-35,37-38H,7-28H2,1-6H3,(H,39,45)/t34-,35+,37+,38+/m0/s1. The number of unbranched alkanes of at least 4 members (excludes halogenated alkanes) is 18. The van der Waals surface area contributed by atoms with Crippen LogP contribution in [0.4, 0.5) is 0 Å². The Bertz CT molecular complexity index is 970. The Labute approximate surface area is 300 Å². The highest BCUT2D eigenvalue weighted by Gasteiger charge is 2.44. The van der Waals surface area contributed by atoms with Crippen LogP contribution in [0.1, 0.15) is 170 Å². The summed E-state index contributed by atoms with van der Waals surface area (Å²) < 4.78 is 26.4. The van der Waals surface area contributed by atoms with Gasteiger partial charge >= 0.3 is 29.8 Å². The van der Waals surface area contributed by atoms with Crippen LogP contribution < -0.4 is 5.32 Å². The van der Waals surface area contributed by atoms with Crippen LogP contribution in [0.25, 0.3) is 0 Å². The molecule has 12 nitrogen and oxygen atoms in total. The Morgan fingerprint density at radius 1 is 0.440 bits per heavy atom. The van der Waals surface area contributed by atoms with Gasteiger partial charge in [0.2, 0.25) is 5.91 Å². The maximum atomic E-state index is 12.7. The fourth-order valence-corrected chi connectivity index (χ4v) is 5.81. The summed E-state index contributed by atoms with van der Waals surface area (Å²) in [6.45, 7) is 6.96. The number of esters is 5. The smallest absolute Gasteiger partial charge is 0.303 e. The van der Waals surface area contributed by atoms with Crippen molar-refractivity contribution in [3.63, 3.8) is 0 Å². The minimum atomic E-state index is -1.54. The lowest BCUT2D eigenvalue weighted by Crippen LogP contribution is -2.55. The van der Waals surface area contributed by atoms with E-state index < -0.39 is 60.9 Å². The van der Waals surface area contributed by atoms with Crippen molar-refractivity contribution in [3.05, 3.63) is 0 Å². The van der Waals surface area contributed by atoms with E-state index in [-0.39, 0.29) is 18.9 Å². The third-order valence-electron chi connectivity index (χ3n) is 8.25. The Hall–Kier alpha value is -3.18. The molecule has 0 aliphatic rings. The maximum absolute atomic E-state index is 12.7. The highest BCUT2D eigenvalue weighted by molar-refractivity contribution is 5.76. The van der Waals surface area contributed by atoms with E-state index in [1.807, 2.05) is 0 Å². The van der Waals surface area contributed by atoms with Crippen molar-refractivity contribution in [3.8, 4) is 0 Å². The van der Waals surface area contributed by atoms with Crippen LogP contribution in [0, 0.1) is 0 Å². The van der Waals surface area contributed by atoms with E-state index in [4.69, 9.17) is 23.7 Å². The molecule has 0 saturated heterocycles. The van der Waals surface area contributed by atoms with E-state index in [0.717, 1.165) is 53.9 Å². The zero-order valence-electron chi connectivity index (χ0n) is 31.9. The van der Waals surface area contributed by atoms with Crippen LogP contribution in [-0.2, 0) is 52.5 Å². The fourth-order valence-electron chi connectivity index (χ4n) is 5.81.